The molecule has 114 valence electrons. The van der Waals surface area contributed by atoms with Crippen LogP contribution in [0.15, 0.2) is 0 Å². The van der Waals surface area contributed by atoms with E-state index < -0.39 is 23.8 Å². The fourth-order valence-corrected chi connectivity index (χ4v) is 1.35. The van der Waals surface area contributed by atoms with E-state index >= 15 is 0 Å². The van der Waals surface area contributed by atoms with Crippen molar-refractivity contribution in [1.29, 1.82) is 0 Å². The van der Waals surface area contributed by atoms with Crippen molar-refractivity contribution in [2.75, 3.05) is 19.7 Å². The zero-order valence-electron chi connectivity index (χ0n) is 11.4. The molecule has 0 atom stereocenters. The molecule has 8 nitrogen and oxygen atoms in total. The Kier molecular flexibility index (Phi) is 9.63. The van der Waals surface area contributed by atoms with E-state index in [9.17, 15) is 19.2 Å². The van der Waals surface area contributed by atoms with Gasteiger partial charge in [0.1, 0.15) is 0 Å². The first-order valence-corrected chi connectivity index (χ1v) is 6.45. The highest BCUT2D eigenvalue weighted by Gasteiger charge is 2.13. The van der Waals surface area contributed by atoms with Crippen LogP contribution in [0.25, 0.3) is 0 Å². The standard InChI is InChI=1S/C12H20N2O6/c1-2-20-12(19)10(16)14-8-6-4-3-5-7-13-9(15)11(17)18/h2-8H2,1H3,(H,13,15)(H,14,16)(H,17,18). The van der Waals surface area contributed by atoms with Gasteiger partial charge in [0.05, 0.1) is 6.61 Å². The highest BCUT2D eigenvalue weighted by atomic mass is 16.5. The molecule has 2 amide bonds. The number of nitrogens with one attached hydrogen (secondary N) is 2. The number of carbonyl (C=O) groups excluding carboxylic acids is 3. The molecule has 0 aromatic rings. The van der Waals surface area contributed by atoms with Crippen molar-refractivity contribution in [3.8, 4) is 0 Å². The Morgan fingerprint density at radius 2 is 1.40 bits per heavy atom. The van der Waals surface area contributed by atoms with Gasteiger partial charge in [-0.2, -0.15) is 0 Å². The molecule has 0 aliphatic rings. The molecule has 0 saturated heterocycles. The monoisotopic (exact) mass is 288 g/mol. The van der Waals surface area contributed by atoms with Gasteiger partial charge in [-0.15, -0.1) is 0 Å². The lowest BCUT2D eigenvalue weighted by molar-refractivity contribution is -0.154. The highest BCUT2D eigenvalue weighted by molar-refractivity contribution is 6.32. The number of rotatable bonds is 8. The fraction of sp³-hybridized carbons (Fsp3) is 0.667. The number of carboxylic acid groups (broad SMARTS) is 1. The van der Waals surface area contributed by atoms with Gasteiger partial charge < -0.3 is 20.5 Å². The Labute approximate surface area is 116 Å². The lowest BCUT2D eigenvalue weighted by Crippen LogP contribution is -2.33. The van der Waals surface area contributed by atoms with Crippen molar-refractivity contribution in [2.24, 2.45) is 0 Å². The Hall–Kier alpha value is -2.12. The summed E-state index contributed by atoms with van der Waals surface area (Å²) in [5.74, 6) is -4.14. The number of ether oxygens (including phenoxy) is 1. The molecule has 3 N–H and O–H groups in total. The van der Waals surface area contributed by atoms with Gasteiger partial charge in [-0.1, -0.05) is 12.8 Å². The predicted octanol–water partition coefficient (Wildman–Crippen LogP) is -0.573. The Morgan fingerprint density at radius 3 is 1.85 bits per heavy atom. The number of hydrogen-bond acceptors (Lipinski definition) is 5. The SMILES string of the molecule is CCOC(=O)C(=O)NCCCCCCNC(=O)C(=O)O. The minimum atomic E-state index is -1.49. The van der Waals surface area contributed by atoms with Crippen LogP contribution in [0.2, 0.25) is 0 Å². The maximum atomic E-state index is 11.1. The first-order valence-electron chi connectivity index (χ1n) is 6.45. The van der Waals surface area contributed by atoms with E-state index in [4.69, 9.17) is 5.11 Å². The normalized spacial score (nSPS) is 9.65. The fourth-order valence-electron chi connectivity index (χ4n) is 1.35. The Bertz CT molecular complexity index is 356. The minimum absolute atomic E-state index is 0.161. The lowest BCUT2D eigenvalue weighted by atomic mass is 10.2. The summed E-state index contributed by atoms with van der Waals surface area (Å²) in [6.45, 7) is 2.46. The zero-order chi connectivity index (χ0) is 15.4. The number of carbonyl (C=O) groups is 4. The zero-order valence-corrected chi connectivity index (χ0v) is 11.4. The van der Waals surface area contributed by atoms with Gasteiger partial charge in [0, 0.05) is 13.1 Å². The van der Waals surface area contributed by atoms with Gasteiger partial charge in [0.25, 0.3) is 0 Å². The minimum Gasteiger partial charge on any atom is -0.474 e. The number of carboxylic acids is 1. The average Bonchev–Trinajstić information content (AvgIpc) is 2.41. The van der Waals surface area contributed by atoms with E-state index in [1.165, 1.54) is 0 Å². The third-order valence-electron chi connectivity index (χ3n) is 2.33. The molecule has 0 aromatic heterocycles. The van der Waals surface area contributed by atoms with Gasteiger partial charge in [-0.05, 0) is 19.8 Å². The molecule has 0 aliphatic carbocycles. The maximum absolute atomic E-state index is 11.1. The van der Waals surface area contributed by atoms with Crippen molar-refractivity contribution in [3.05, 3.63) is 0 Å². The van der Waals surface area contributed by atoms with Gasteiger partial charge in [0.15, 0.2) is 0 Å². The number of amides is 2. The van der Waals surface area contributed by atoms with Crippen LogP contribution in [0.3, 0.4) is 0 Å². The molecule has 0 saturated carbocycles. The van der Waals surface area contributed by atoms with Crippen LogP contribution in [0.5, 0.6) is 0 Å². The second kappa shape index (κ2) is 10.8. The topological polar surface area (TPSA) is 122 Å². The maximum Gasteiger partial charge on any atom is 0.396 e. The van der Waals surface area contributed by atoms with Crippen molar-refractivity contribution in [1.82, 2.24) is 10.6 Å². The molecule has 0 heterocycles. The van der Waals surface area contributed by atoms with E-state index in [-0.39, 0.29) is 6.61 Å². The quantitative estimate of drug-likeness (QED) is 0.312. The summed E-state index contributed by atoms with van der Waals surface area (Å²) in [7, 11) is 0. The summed E-state index contributed by atoms with van der Waals surface area (Å²) in [4.78, 5) is 42.9. The second-order valence-corrected chi connectivity index (χ2v) is 3.95. The van der Waals surface area contributed by atoms with E-state index in [0.29, 0.717) is 25.9 Å². The predicted molar refractivity (Wildman–Crippen MR) is 68.8 cm³/mol. The summed E-state index contributed by atoms with van der Waals surface area (Å²) in [5, 5.41) is 13.0. The smallest absolute Gasteiger partial charge is 0.396 e. The summed E-state index contributed by atoms with van der Waals surface area (Å²) in [6.07, 6.45) is 2.93. The average molecular weight is 288 g/mol. The molecular formula is C12H20N2O6. The van der Waals surface area contributed by atoms with Crippen LogP contribution >= 0.6 is 0 Å². The van der Waals surface area contributed by atoms with E-state index in [1.807, 2.05) is 0 Å². The molecule has 0 fully saturated rings. The summed E-state index contributed by atoms with van der Waals surface area (Å²) >= 11 is 0. The van der Waals surface area contributed by atoms with Crippen LogP contribution in [0, 0.1) is 0 Å². The molecule has 0 radical (unpaired) electrons. The van der Waals surface area contributed by atoms with Crippen LogP contribution in [0.1, 0.15) is 32.6 Å². The van der Waals surface area contributed by atoms with Crippen LogP contribution < -0.4 is 10.6 Å². The Morgan fingerprint density at radius 1 is 0.900 bits per heavy atom. The molecule has 0 spiro atoms. The van der Waals surface area contributed by atoms with Gasteiger partial charge in [0.2, 0.25) is 0 Å². The highest BCUT2D eigenvalue weighted by Crippen LogP contribution is 1.97. The van der Waals surface area contributed by atoms with Crippen molar-refractivity contribution >= 4 is 23.8 Å². The van der Waals surface area contributed by atoms with Gasteiger partial charge >= 0.3 is 23.8 Å². The largest absolute Gasteiger partial charge is 0.474 e. The van der Waals surface area contributed by atoms with E-state index in [2.05, 4.69) is 15.4 Å². The van der Waals surface area contributed by atoms with Crippen molar-refractivity contribution in [2.45, 2.75) is 32.6 Å². The molecule has 0 unspecified atom stereocenters. The molecule has 20 heavy (non-hydrogen) atoms. The van der Waals surface area contributed by atoms with Crippen molar-refractivity contribution in [3.63, 3.8) is 0 Å². The lowest BCUT2D eigenvalue weighted by Gasteiger charge is -2.05. The van der Waals surface area contributed by atoms with Crippen LogP contribution in [-0.4, -0.2) is 48.6 Å². The van der Waals surface area contributed by atoms with Gasteiger partial charge in [-0.25, -0.2) is 9.59 Å². The molecule has 8 heteroatoms. The summed E-state index contributed by atoms with van der Waals surface area (Å²) < 4.78 is 4.52. The van der Waals surface area contributed by atoms with Crippen molar-refractivity contribution < 1.29 is 29.0 Å². The molecule has 0 aromatic carbocycles. The number of aliphatic carboxylic acids is 1. The third-order valence-corrected chi connectivity index (χ3v) is 2.33. The van der Waals surface area contributed by atoms with Gasteiger partial charge in [-0.3, -0.25) is 9.59 Å². The first kappa shape index (κ1) is 17.9. The van der Waals surface area contributed by atoms with Crippen LogP contribution in [0.4, 0.5) is 0 Å². The summed E-state index contributed by atoms with van der Waals surface area (Å²) in [5.41, 5.74) is 0. The van der Waals surface area contributed by atoms with Crippen LogP contribution in [-0.2, 0) is 23.9 Å². The Balaban J connectivity index is 3.41. The summed E-state index contributed by atoms with van der Waals surface area (Å²) in [6, 6.07) is 0. The molecule has 0 bridgehead atoms. The number of hydrogen-bond donors (Lipinski definition) is 3. The third kappa shape index (κ3) is 8.90. The number of esters is 1. The molecular weight excluding hydrogens is 268 g/mol. The van der Waals surface area contributed by atoms with E-state index in [0.717, 1.165) is 12.8 Å². The number of unbranched alkanes of at least 4 members (excludes halogenated alkanes) is 3. The first-order chi connectivity index (χ1) is 9.49. The molecule has 0 rings (SSSR count). The second-order valence-electron chi connectivity index (χ2n) is 3.95. The van der Waals surface area contributed by atoms with E-state index in [1.54, 1.807) is 6.92 Å². The molecule has 0 aliphatic heterocycles.